The third-order valence-electron chi connectivity index (χ3n) is 4.50. The van der Waals surface area contributed by atoms with Crippen LogP contribution < -0.4 is 10.1 Å². The van der Waals surface area contributed by atoms with Gasteiger partial charge in [-0.1, -0.05) is 12.1 Å². The molecule has 1 aromatic heterocycles. The third kappa shape index (κ3) is 4.46. The molecule has 0 radical (unpaired) electrons. The molecule has 3 aromatic rings. The number of amides is 1. The van der Waals surface area contributed by atoms with Crippen molar-refractivity contribution in [2.75, 3.05) is 11.1 Å². The van der Waals surface area contributed by atoms with Gasteiger partial charge >= 0.3 is 5.97 Å². The van der Waals surface area contributed by atoms with Crippen LogP contribution in [0.25, 0.3) is 0 Å². The van der Waals surface area contributed by atoms with Gasteiger partial charge in [0.05, 0.1) is 12.0 Å². The van der Waals surface area contributed by atoms with E-state index in [-0.39, 0.29) is 23.4 Å². The fourth-order valence-electron chi connectivity index (χ4n) is 3.18. The van der Waals surface area contributed by atoms with E-state index in [1.807, 2.05) is 0 Å². The second kappa shape index (κ2) is 8.35. The molecule has 6 heteroatoms. The molecular formula is C22H19NO4S. The first kappa shape index (κ1) is 18.4. The highest BCUT2D eigenvalue weighted by molar-refractivity contribution is 8.00. The normalized spacial score (nSPS) is 12.4. The largest absolute Gasteiger partial charge is 0.459 e. The van der Waals surface area contributed by atoms with Crippen molar-refractivity contribution in [3.63, 3.8) is 0 Å². The first-order valence-electron chi connectivity index (χ1n) is 9.07. The first-order chi connectivity index (χ1) is 13.7. The van der Waals surface area contributed by atoms with E-state index in [0.717, 1.165) is 17.7 Å². The van der Waals surface area contributed by atoms with Crippen LogP contribution >= 0.6 is 11.8 Å². The third-order valence-corrected chi connectivity index (χ3v) is 5.46. The number of anilines is 1. The van der Waals surface area contributed by atoms with Crippen molar-refractivity contribution in [1.82, 2.24) is 0 Å². The molecule has 2 aromatic carbocycles. The average molecular weight is 393 g/mol. The molecule has 1 amide bonds. The number of benzene rings is 2. The number of thioether (sulfide) groups is 1. The number of aryl methyl sites for hydroxylation is 2. The Morgan fingerprint density at radius 2 is 1.93 bits per heavy atom. The van der Waals surface area contributed by atoms with Crippen LogP contribution in [-0.4, -0.2) is 17.6 Å². The SMILES string of the molecule is O=C(CSc1ccc2c(c1)CCC2)Oc1cccc(NC(=O)c2ccco2)c1. The lowest BCUT2D eigenvalue weighted by Gasteiger charge is -2.08. The minimum atomic E-state index is -0.361. The number of hydrogen-bond donors (Lipinski definition) is 1. The van der Waals surface area contributed by atoms with Crippen LogP contribution in [-0.2, 0) is 17.6 Å². The van der Waals surface area contributed by atoms with E-state index < -0.39 is 0 Å². The summed E-state index contributed by atoms with van der Waals surface area (Å²) in [5.41, 5.74) is 3.33. The Kier molecular flexibility index (Phi) is 5.48. The molecule has 0 bridgehead atoms. The second-order valence-corrected chi connectivity index (χ2v) is 7.55. The number of furan rings is 1. The fraction of sp³-hybridized carbons (Fsp3) is 0.182. The lowest BCUT2D eigenvalue weighted by molar-refractivity contribution is -0.131. The standard InChI is InChI=1S/C22H19NO4S/c24-21(14-28-19-10-9-15-4-1-5-16(15)12-19)27-18-7-2-6-17(13-18)23-22(25)20-8-3-11-26-20/h2-3,6-13H,1,4-5,14H2,(H,23,25). The van der Waals surface area contributed by atoms with Gasteiger partial charge < -0.3 is 14.5 Å². The summed E-state index contributed by atoms with van der Waals surface area (Å²) in [4.78, 5) is 25.3. The number of ether oxygens (including phenoxy) is 1. The van der Waals surface area contributed by atoms with Gasteiger partial charge in [-0.25, -0.2) is 0 Å². The molecule has 1 heterocycles. The number of rotatable bonds is 6. The highest BCUT2D eigenvalue weighted by Gasteiger charge is 2.13. The molecule has 28 heavy (non-hydrogen) atoms. The zero-order valence-electron chi connectivity index (χ0n) is 15.1. The number of carbonyl (C=O) groups is 2. The van der Waals surface area contributed by atoms with Crippen molar-refractivity contribution in [2.45, 2.75) is 24.2 Å². The van der Waals surface area contributed by atoms with E-state index in [4.69, 9.17) is 9.15 Å². The Hall–Kier alpha value is -2.99. The number of nitrogens with one attached hydrogen (secondary N) is 1. The monoisotopic (exact) mass is 393 g/mol. The highest BCUT2D eigenvalue weighted by Crippen LogP contribution is 2.28. The summed E-state index contributed by atoms with van der Waals surface area (Å²) in [6.45, 7) is 0. The maximum absolute atomic E-state index is 12.2. The van der Waals surface area contributed by atoms with Crippen molar-refractivity contribution in [1.29, 1.82) is 0 Å². The van der Waals surface area contributed by atoms with Crippen molar-refractivity contribution >= 4 is 29.3 Å². The van der Waals surface area contributed by atoms with Crippen LogP contribution in [0.1, 0.15) is 28.1 Å². The lowest BCUT2D eigenvalue weighted by Crippen LogP contribution is -2.12. The van der Waals surface area contributed by atoms with Crippen LogP contribution in [0, 0.1) is 0 Å². The number of hydrogen-bond acceptors (Lipinski definition) is 5. The fourth-order valence-corrected chi connectivity index (χ4v) is 3.91. The number of fused-ring (bicyclic) bond motifs is 1. The van der Waals surface area contributed by atoms with Crippen LogP contribution in [0.15, 0.2) is 70.2 Å². The van der Waals surface area contributed by atoms with Gasteiger partial charge in [0.2, 0.25) is 0 Å². The average Bonchev–Trinajstić information content (AvgIpc) is 3.38. The predicted octanol–water partition coefficient (Wildman–Crippen LogP) is 4.72. The summed E-state index contributed by atoms with van der Waals surface area (Å²) < 4.78 is 10.5. The quantitative estimate of drug-likeness (QED) is 0.373. The minimum absolute atomic E-state index is 0.216. The van der Waals surface area contributed by atoms with Crippen molar-refractivity contribution < 1.29 is 18.7 Å². The molecule has 0 unspecified atom stereocenters. The molecular weight excluding hydrogens is 374 g/mol. The van der Waals surface area contributed by atoms with Gasteiger partial charge in [-0.15, -0.1) is 11.8 Å². The van der Waals surface area contributed by atoms with E-state index in [1.54, 1.807) is 36.4 Å². The highest BCUT2D eigenvalue weighted by atomic mass is 32.2. The van der Waals surface area contributed by atoms with Crippen LogP contribution in [0.3, 0.4) is 0 Å². The summed E-state index contributed by atoms with van der Waals surface area (Å²) in [5, 5.41) is 2.71. The molecule has 1 aliphatic carbocycles. The van der Waals surface area contributed by atoms with E-state index in [9.17, 15) is 9.59 Å². The molecule has 0 saturated carbocycles. The van der Waals surface area contributed by atoms with Gasteiger partial charge in [0.15, 0.2) is 5.76 Å². The minimum Gasteiger partial charge on any atom is -0.459 e. The molecule has 0 fully saturated rings. The molecule has 0 atom stereocenters. The van der Waals surface area contributed by atoms with Gasteiger partial charge in [0, 0.05) is 16.6 Å². The van der Waals surface area contributed by atoms with Crippen LogP contribution in [0.4, 0.5) is 5.69 Å². The molecule has 1 N–H and O–H groups in total. The van der Waals surface area contributed by atoms with Crippen molar-refractivity contribution in [2.24, 2.45) is 0 Å². The van der Waals surface area contributed by atoms with Gasteiger partial charge in [-0.3, -0.25) is 9.59 Å². The zero-order chi connectivity index (χ0) is 19.3. The maximum Gasteiger partial charge on any atom is 0.321 e. The molecule has 5 nitrogen and oxygen atoms in total. The summed E-state index contributed by atoms with van der Waals surface area (Å²) in [6, 6.07) is 16.3. The van der Waals surface area contributed by atoms with Gasteiger partial charge in [0.25, 0.3) is 5.91 Å². The molecule has 0 saturated heterocycles. The Bertz CT molecular complexity index is 998. The molecule has 0 spiro atoms. The first-order valence-corrected chi connectivity index (χ1v) is 10.1. The predicted molar refractivity (Wildman–Crippen MR) is 108 cm³/mol. The topological polar surface area (TPSA) is 68.5 Å². The second-order valence-electron chi connectivity index (χ2n) is 6.51. The van der Waals surface area contributed by atoms with E-state index in [0.29, 0.717) is 11.4 Å². The molecule has 0 aliphatic heterocycles. The maximum atomic E-state index is 12.2. The summed E-state index contributed by atoms with van der Waals surface area (Å²) >= 11 is 1.47. The Labute approximate surface area is 167 Å². The van der Waals surface area contributed by atoms with Crippen molar-refractivity contribution in [3.8, 4) is 5.75 Å². The molecule has 4 rings (SSSR count). The lowest BCUT2D eigenvalue weighted by atomic mass is 10.1. The number of carbonyl (C=O) groups excluding carboxylic acids is 2. The van der Waals surface area contributed by atoms with Gasteiger partial charge in [-0.05, 0) is 66.8 Å². The summed E-state index contributed by atoms with van der Waals surface area (Å²) in [5.74, 6) is 0.132. The molecule has 142 valence electrons. The smallest absolute Gasteiger partial charge is 0.321 e. The van der Waals surface area contributed by atoms with Gasteiger partial charge in [0.1, 0.15) is 5.75 Å². The van der Waals surface area contributed by atoms with E-state index in [1.165, 1.54) is 35.6 Å². The summed E-state index contributed by atoms with van der Waals surface area (Å²) in [7, 11) is 0. The zero-order valence-corrected chi connectivity index (χ0v) is 16.0. The number of esters is 1. The van der Waals surface area contributed by atoms with Gasteiger partial charge in [-0.2, -0.15) is 0 Å². The molecule has 1 aliphatic rings. The van der Waals surface area contributed by atoms with Crippen LogP contribution in [0.2, 0.25) is 0 Å². The van der Waals surface area contributed by atoms with Crippen molar-refractivity contribution in [3.05, 3.63) is 77.7 Å². The summed E-state index contributed by atoms with van der Waals surface area (Å²) in [6.07, 6.45) is 4.91. The van der Waals surface area contributed by atoms with Crippen LogP contribution in [0.5, 0.6) is 5.75 Å². The Balaban J connectivity index is 1.32. The Morgan fingerprint density at radius 3 is 2.79 bits per heavy atom. The van der Waals surface area contributed by atoms with E-state index >= 15 is 0 Å². The van der Waals surface area contributed by atoms with E-state index in [2.05, 4.69) is 23.5 Å². The Morgan fingerprint density at radius 1 is 1.04 bits per heavy atom.